The van der Waals surface area contributed by atoms with E-state index in [1.807, 2.05) is 13.8 Å². The molecule has 2 N–H and O–H groups in total. The molecule has 0 bridgehead atoms. The number of alkyl halides is 1. The third kappa shape index (κ3) is 3.96. The van der Waals surface area contributed by atoms with Crippen LogP contribution in [0.5, 0.6) is 0 Å². The summed E-state index contributed by atoms with van der Waals surface area (Å²) >= 11 is 5.54. The monoisotopic (exact) mass is 207 g/mol. The normalized spacial score (nSPS) is 17.6. The van der Waals surface area contributed by atoms with E-state index in [0.717, 1.165) is 0 Å². The van der Waals surface area contributed by atoms with Crippen LogP contribution in [0.1, 0.15) is 27.2 Å². The maximum absolute atomic E-state index is 11.4. The van der Waals surface area contributed by atoms with Crippen LogP contribution in [-0.4, -0.2) is 29.0 Å². The van der Waals surface area contributed by atoms with Gasteiger partial charge in [-0.2, -0.15) is 0 Å². The summed E-state index contributed by atoms with van der Waals surface area (Å²) in [6.07, 6.45) is 0.699. The minimum absolute atomic E-state index is 0.0513. The number of carbonyl (C=O) groups is 1. The van der Waals surface area contributed by atoms with E-state index < -0.39 is 5.54 Å². The molecule has 2 unspecified atom stereocenters. The third-order valence-electron chi connectivity index (χ3n) is 2.23. The van der Waals surface area contributed by atoms with Crippen molar-refractivity contribution in [3.8, 4) is 0 Å². The van der Waals surface area contributed by atoms with Gasteiger partial charge < -0.3 is 10.4 Å². The average Bonchev–Trinajstić information content (AvgIpc) is 2.16. The Morgan fingerprint density at radius 2 is 2.23 bits per heavy atom. The Morgan fingerprint density at radius 3 is 2.54 bits per heavy atom. The smallest absolute Gasteiger partial charge is 0.224 e. The summed E-state index contributed by atoms with van der Waals surface area (Å²) in [5.74, 6) is -0.00987. The van der Waals surface area contributed by atoms with Crippen LogP contribution in [0.4, 0.5) is 0 Å². The van der Waals surface area contributed by atoms with Crippen LogP contribution < -0.4 is 5.32 Å². The summed E-state index contributed by atoms with van der Waals surface area (Å²) in [6.45, 7) is 5.44. The van der Waals surface area contributed by atoms with Crippen molar-refractivity contribution in [3.63, 3.8) is 0 Å². The Kier molecular flexibility index (Phi) is 5.33. The first-order valence-corrected chi connectivity index (χ1v) is 5.01. The molecule has 0 saturated carbocycles. The van der Waals surface area contributed by atoms with E-state index in [-0.39, 0.29) is 18.4 Å². The Morgan fingerprint density at radius 1 is 1.69 bits per heavy atom. The van der Waals surface area contributed by atoms with Gasteiger partial charge in [0, 0.05) is 11.8 Å². The maximum atomic E-state index is 11.4. The number of carbonyl (C=O) groups excluding carboxylic acids is 1. The van der Waals surface area contributed by atoms with E-state index in [1.54, 1.807) is 6.92 Å². The molecular weight excluding hydrogens is 190 g/mol. The molecule has 0 heterocycles. The molecule has 13 heavy (non-hydrogen) atoms. The first kappa shape index (κ1) is 12.7. The van der Waals surface area contributed by atoms with Crippen molar-refractivity contribution in [2.75, 3.05) is 12.5 Å². The van der Waals surface area contributed by atoms with E-state index in [2.05, 4.69) is 5.32 Å². The Bertz CT molecular complexity index is 169. The average molecular weight is 208 g/mol. The summed E-state index contributed by atoms with van der Waals surface area (Å²) in [5, 5.41) is 11.8. The minimum atomic E-state index is -0.516. The molecule has 2 atom stereocenters. The van der Waals surface area contributed by atoms with Crippen LogP contribution in [0.2, 0.25) is 0 Å². The molecule has 0 aliphatic heterocycles. The van der Waals surface area contributed by atoms with Crippen LogP contribution in [0.25, 0.3) is 0 Å². The van der Waals surface area contributed by atoms with Crippen molar-refractivity contribution in [3.05, 3.63) is 0 Å². The van der Waals surface area contributed by atoms with Crippen molar-refractivity contribution in [2.45, 2.75) is 32.7 Å². The molecule has 3 nitrogen and oxygen atoms in total. The fourth-order valence-corrected chi connectivity index (χ4v) is 0.871. The van der Waals surface area contributed by atoms with Gasteiger partial charge in [0.25, 0.3) is 0 Å². The lowest BCUT2D eigenvalue weighted by atomic mass is 9.99. The predicted molar refractivity (Wildman–Crippen MR) is 53.8 cm³/mol. The highest BCUT2D eigenvalue weighted by atomic mass is 35.5. The lowest BCUT2D eigenvalue weighted by Crippen LogP contribution is -2.50. The van der Waals surface area contributed by atoms with E-state index in [1.165, 1.54) is 0 Å². The van der Waals surface area contributed by atoms with Gasteiger partial charge in [-0.05, 0) is 13.3 Å². The zero-order valence-corrected chi connectivity index (χ0v) is 9.19. The van der Waals surface area contributed by atoms with Gasteiger partial charge in [0.05, 0.1) is 12.1 Å². The number of hydrogen-bond donors (Lipinski definition) is 2. The van der Waals surface area contributed by atoms with E-state index in [0.29, 0.717) is 12.3 Å². The molecule has 0 aromatic heterocycles. The first-order valence-electron chi connectivity index (χ1n) is 4.48. The van der Waals surface area contributed by atoms with Crippen LogP contribution in [-0.2, 0) is 4.79 Å². The zero-order valence-electron chi connectivity index (χ0n) is 8.43. The highest BCUT2D eigenvalue weighted by Crippen LogP contribution is 2.09. The molecular formula is C9H18ClNO2. The molecule has 78 valence electrons. The first-order chi connectivity index (χ1) is 5.99. The fraction of sp³-hybridized carbons (Fsp3) is 0.889. The van der Waals surface area contributed by atoms with Crippen molar-refractivity contribution < 1.29 is 9.90 Å². The summed E-state index contributed by atoms with van der Waals surface area (Å²) in [6, 6.07) is 0. The van der Waals surface area contributed by atoms with Crippen molar-refractivity contribution >= 4 is 17.5 Å². The van der Waals surface area contributed by atoms with Crippen LogP contribution in [0.3, 0.4) is 0 Å². The summed E-state index contributed by atoms with van der Waals surface area (Å²) in [7, 11) is 0. The summed E-state index contributed by atoms with van der Waals surface area (Å²) in [4.78, 5) is 11.4. The number of hydrogen-bond acceptors (Lipinski definition) is 2. The van der Waals surface area contributed by atoms with Gasteiger partial charge in [0.15, 0.2) is 0 Å². The molecule has 0 aliphatic rings. The Labute approximate surface area is 84.5 Å². The molecule has 0 saturated heterocycles. The molecule has 0 fully saturated rings. The van der Waals surface area contributed by atoms with Gasteiger partial charge in [-0.3, -0.25) is 4.79 Å². The highest BCUT2D eigenvalue weighted by Gasteiger charge is 2.25. The number of aliphatic hydroxyl groups is 1. The number of aliphatic hydroxyl groups excluding tert-OH is 1. The van der Waals surface area contributed by atoms with E-state index in [4.69, 9.17) is 16.7 Å². The zero-order chi connectivity index (χ0) is 10.5. The molecule has 0 aromatic rings. The number of nitrogens with one attached hydrogen (secondary N) is 1. The van der Waals surface area contributed by atoms with Crippen LogP contribution in [0, 0.1) is 5.92 Å². The molecule has 0 aromatic carbocycles. The molecule has 4 heteroatoms. The van der Waals surface area contributed by atoms with Gasteiger partial charge in [-0.15, -0.1) is 11.6 Å². The topological polar surface area (TPSA) is 49.3 Å². The van der Waals surface area contributed by atoms with Crippen LogP contribution >= 0.6 is 11.6 Å². The quantitative estimate of drug-likeness (QED) is 0.665. The predicted octanol–water partition coefficient (Wildman–Crippen LogP) is 1.14. The molecule has 1 amide bonds. The van der Waals surface area contributed by atoms with Gasteiger partial charge in [-0.1, -0.05) is 13.8 Å². The fourth-order valence-electron chi connectivity index (χ4n) is 0.730. The van der Waals surface area contributed by atoms with E-state index >= 15 is 0 Å². The summed E-state index contributed by atoms with van der Waals surface area (Å²) < 4.78 is 0. The lowest BCUT2D eigenvalue weighted by Gasteiger charge is -2.28. The van der Waals surface area contributed by atoms with E-state index in [9.17, 15) is 4.79 Å². The highest BCUT2D eigenvalue weighted by molar-refractivity contribution is 6.19. The largest absolute Gasteiger partial charge is 0.394 e. The van der Waals surface area contributed by atoms with Crippen molar-refractivity contribution in [2.24, 2.45) is 5.92 Å². The number of amides is 1. The summed E-state index contributed by atoms with van der Waals surface area (Å²) in [5.41, 5.74) is -0.516. The van der Waals surface area contributed by atoms with Gasteiger partial charge in [0.2, 0.25) is 5.91 Å². The second kappa shape index (κ2) is 5.45. The second-order valence-electron chi connectivity index (χ2n) is 3.62. The molecule has 0 radical (unpaired) electrons. The standard InChI is InChI=1S/C9H18ClNO2/c1-4-9(3,6-12)11-8(13)7(2)5-10/h7,12H,4-6H2,1-3H3,(H,11,13). The van der Waals surface area contributed by atoms with Gasteiger partial charge in [0.1, 0.15) is 0 Å². The SMILES string of the molecule is CCC(C)(CO)NC(=O)C(C)CCl. The maximum Gasteiger partial charge on any atom is 0.224 e. The van der Waals surface area contributed by atoms with Gasteiger partial charge in [-0.25, -0.2) is 0 Å². The molecule has 0 spiro atoms. The number of rotatable bonds is 5. The Hall–Kier alpha value is -0.280. The van der Waals surface area contributed by atoms with Crippen LogP contribution in [0.15, 0.2) is 0 Å². The lowest BCUT2D eigenvalue weighted by molar-refractivity contribution is -0.126. The minimum Gasteiger partial charge on any atom is -0.394 e. The third-order valence-corrected chi connectivity index (χ3v) is 2.70. The van der Waals surface area contributed by atoms with Crippen molar-refractivity contribution in [1.29, 1.82) is 0 Å². The second-order valence-corrected chi connectivity index (χ2v) is 3.93. The number of halogens is 1. The molecule has 0 rings (SSSR count). The van der Waals surface area contributed by atoms with Crippen molar-refractivity contribution in [1.82, 2.24) is 5.32 Å². The Balaban J connectivity index is 4.17. The molecule has 0 aliphatic carbocycles. The van der Waals surface area contributed by atoms with Gasteiger partial charge >= 0.3 is 0 Å².